The van der Waals surface area contributed by atoms with E-state index in [1.54, 1.807) is 23.6 Å². The molecule has 0 radical (unpaired) electrons. The molecule has 1 aromatic carbocycles. The molecule has 0 unspecified atom stereocenters. The molecule has 0 atom stereocenters. The number of anilines is 1. The number of oxime groups is 1. The largest absolute Gasteiger partial charge is 0.409 e. The fourth-order valence-corrected chi connectivity index (χ4v) is 3.92. The Hall–Kier alpha value is -1.58. The lowest BCUT2D eigenvalue weighted by Crippen LogP contribution is -2.19. The summed E-state index contributed by atoms with van der Waals surface area (Å²) in [6.45, 7) is 0. The number of thiophene rings is 1. The van der Waals surface area contributed by atoms with Gasteiger partial charge in [-0.3, -0.25) is 4.72 Å². The van der Waals surface area contributed by atoms with Crippen LogP contribution in [0.5, 0.6) is 0 Å². The standard InChI is InChI=1S/C11H10BrN3O3S2/c12-7-3-4-9(8(6-7)11(13)14-16)15-20(17,18)10-2-1-5-19-10/h1-6,15-16H,(H2,13,14). The molecule has 0 saturated carbocycles. The normalized spacial score (nSPS) is 12.3. The number of nitrogens with two attached hydrogens (primary N) is 1. The summed E-state index contributed by atoms with van der Waals surface area (Å²) in [5.74, 6) is -0.185. The Morgan fingerprint density at radius 2 is 2.15 bits per heavy atom. The summed E-state index contributed by atoms with van der Waals surface area (Å²) in [5.41, 5.74) is 6.06. The summed E-state index contributed by atoms with van der Waals surface area (Å²) in [5, 5.41) is 13.3. The molecule has 0 saturated heterocycles. The predicted octanol–water partition coefficient (Wildman–Crippen LogP) is 2.41. The van der Waals surface area contributed by atoms with Gasteiger partial charge in [0.2, 0.25) is 0 Å². The minimum Gasteiger partial charge on any atom is -0.409 e. The number of sulfonamides is 1. The molecule has 0 spiro atoms. The molecule has 0 fully saturated rings. The molecule has 6 nitrogen and oxygen atoms in total. The van der Waals surface area contributed by atoms with Crippen molar-refractivity contribution in [3.8, 4) is 0 Å². The van der Waals surface area contributed by atoms with E-state index in [2.05, 4.69) is 25.8 Å². The van der Waals surface area contributed by atoms with Crippen LogP contribution >= 0.6 is 27.3 Å². The van der Waals surface area contributed by atoms with Crippen molar-refractivity contribution in [2.75, 3.05) is 4.72 Å². The van der Waals surface area contributed by atoms with Crippen molar-refractivity contribution in [3.05, 3.63) is 45.7 Å². The third kappa shape index (κ3) is 3.11. The van der Waals surface area contributed by atoms with Crippen LogP contribution < -0.4 is 10.5 Å². The van der Waals surface area contributed by atoms with Gasteiger partial charge in [-0.15, -0.1) is 11.3 Å². The highest BCUT2D eigenvalue weighted by atomic mass is 79.9. The number of halogens is 1. The Balaban J connectivity index is 2.45. The van der Waals surface area contributed by atoms with E-state index in [9.17, 15) is 8.42 Å². The number of hydrogen-bond acceptors (Lipinski definition) is 5. The van der Waals surface area contributed by atoms with Crippen LogP contribution in [-0.2, 0) is 10.0 Å². The summed E-state index contributed by atoms with van der Waals surface area (Å²) >= 11 is 4.35. The van der Waals surface area contributed by atoms with E-state index in [1.165, 1.54) is 12.1 Å². The second-order valence-corrected chi connectivity index (χ2v) is 7.49. The minimum atomic E-state index is -3.69. The van der Waals surface area contributed by atoms with Gasteiger partial charge in [0.15, 0.2) is 5.84 Å². The Bertz CT molecular complexity index is 742. The van der Waals surface area contributed by atoms with Gasteiger partial charge in [-0.25, -0.2) is 8.42 Å². The molecular formula is C11H10BrN3O3S2. The van der Waals surface area contributed by atoms with Crippen LogP contribution in [0.1, 0.15) is 5.56 Å². The van der Waals surface area contributed by atoms with E-state index in [4.69, 9.17) is 10.9 Å². The molecule has 0 amide bonds. The van der Waals surface area contributed by atoms with Gasteiger partial charge in [0.05, 0.1) is 5.69 Å². The first-order chi connectivity index (χ1) is 9.44. The average molecular weight is 376 g/mol. The molecule has 4 N–H and O–H groups in total. The summed E-state index contributed by atoms with van der Waals surface area (Å²) in [4.78, 5) is 0. The van der Waals surface area contributed by atoms with Gasteiger partial charge in [-0.05, 0) is 29.6 Å². The highest BCUT2D eigenvalue weighted by Gasteiger charge is 2.18. The maximum atomic E-state index is 12.2. The van der Waals surface area contributed by atoms with E-state index in [0.29, 0.717) is 4.47 Å². The number of amidine groups is 1. The van der Waals surface area contributed by atoms with Gasteiger partial charge < -0.3 is 10.9 Å². The molecule has 20 heavy (non-hydrogen) atoms. The second-order valence-electron chi connectivity index (χ2n) is 3.71. The molecule has 0 aliphatic carbocycles. The highest BCUT2D eigenvalue weighted by molar-refractivity contribution is 9.10. The van der Waals surface area contributed by atoms with Crippen molar-refractivity contribution >= 4 is 48.8 Å². The third-order valence-corrected chi connectivity index (χ3v) is 5.63. The molecule has 2 rings (SSSR count). The van der Waals surface area contributed by atoms with Gasteiger partial charge in [-0.1, -0.05) is 27.2 Å². The van der Waals surface area contributed by atoms with Crippen LogP contribution in [0.3, 0.4) is 0 Å². The lowest BCUT2D eigenvalue weighted by molar-refractivity contribution is 0.318. The van der Waals surface area contributed by atoms with Crippen molar-refractivity contribution in [1.82, 2.24) is 0 Å². The fourth-order valence-electron chi connectivity index (χ4n) is 1.48. The van der Waals surface area contributed by atoms with Crippen molar-refractivity contribution in [2.45, 2.75) is 4.21 Å². The Morgan fingerprint density at radius 3 is 2.75 bits per heavy atom. The molecule has 0 aliphatic rings. The van der Waals surface area contributed by atoms with Gasteiger partial charge in [-0.2, -0.15) is 0 Å². The Labute approximate surface area is 128 Å². The maximum Gasteiger partial charge on any atom is 0.271 e. The average Bonchev–Trinajstić information content (AvgIpc) is 2.94. The quantitative estimate of drug-likeness (QED) is 0.330. The fraction of sp³-hybridized carbons (Fsp3) is 0. The summed E-state index contributed by atoms with van der Waals surface area (Å²) in [6, 6.07) is 7.88. The van der Waals surface area contributed by atoms with Crippen LogP contribution in [0.15, 0.2) is 49.5 Å². The van der Waals surface area contributed by atoms with Crippen LogP contribution in [0.25, 0.3) is 0 Å². The smallest absolute Gasteiger partial charge is 0.271 e. The van der Waals surface area contributed by atoms with Gasteiger partial charge in [0, 0.05) is 10.0 Å². The van der Waals surface area contributed by atoms with Crippen molar-refractivity contribution < 1.29 is 13.6 Å². The monoisotopic (exact) mass is 375 g/mol. The first-order valence-corrected chi connectivity index (χ1v) is 8.43. The van der Waals surface area contributed by atoms with E-state index >= 15 is 0 Å². The SMILES string of the molecule is N/C(=N/O)c1cc(Br)ccc1NS(=O)(=O)c1cccs1. The lowest BCUT2D eigenvalue weighted by Gasteiger charge is -2.11. The van der Waals surface area contributed by atoms with Gasteiger partial charge in [0.25, 0.3) is 10.0 Å². The van der Waals surface area contributed by atoms with Crippen molar-refractivity contribution in [1.29, 1.82) is 0 Å². The number of benzene rings is 1. The second kappa shape index (κ2) is 5.81. The summed E-state index contributed by atoms with van der Waals surface area (Å²) in [7, 11) is -3.69. The van der Waals surface area contributed by atoms with E-state index in [1.807, 2.05) is 0 Å². The van der Waals surface area contributed by atoms with E-state index in [0.717, 1.165) is 11.3 Å². The molecule has 1 aromatic heterocycles. The van der Waals surface area contributed by atoms with E-state index in [-0.39, 0.29) is 21.3 Å². The maximum absolute atomic E-state index is 12.2. The van der Waals surface area contributed by atoms with Crippen LogP contribution in [-0.4, -0.2) is 19.5 Å². The first-order valence-electron chi connectivity index (χ1n) is 5.28. The minimum absolute atomic E-state index is 0.185. The van der Waals surface area contributed by atoms with Crippen LogP contribution in [0.2, 0.25) is 0 Å². The molecule has 2 aromatic rings. The number of nitrogens with one attached hydrogen (secondary N) is 1. The lowest BCUT2D eigenvalue weighted by atomic mass is 10.2. The van der Waals surface area contributed by atoms with Gasteiger partial charge in [0.1, 0.15) is 4.21 Å². The highest BCUT2D eigenvalue weighted by Crippen LogP contribution is 2.25. The van der Waals surface area contributed by atoms with Crippen molar-refractivity contribution in [2.24, 2.45) is 10.9 Å². The van der Waals surface area contributed by atoms with Crippen molar-refractivity contribution in [3.63, 3.8) is 0 Å². The van der Waals surface area contributed by atoms with Crippen LogP contribution in [0, 0.1) is 0 Å². The predicted molar refractivity (Wildman–Crippen MR) is 81.8 cm³/mol. The molecule has 1 heterocycles. The summed E-state index contributed by atoms with van der Waals surface area (Å²) < 4.78 is 27.6. The van der Waals surface area contributed by atoms with E-state index < -0.39 is 10.0 Å². The summed E-state index contributed by atoms with van der Waals surface area (Å²) in [6.07, 6.45) is 0. The third-order valence-electron chi connectivity index (χ3n) is 2.37. The molecule has 106 valence electrons. The number of hydrogen-bond donors (Lipinski definition) is 3. The zero-order chi connectivity index (χ0) is 14.8. The molecule has 0 bridgehead atoms. The molecular weight excluding hydrogens is 366 g/mol. The van der Waals surface area contributed by atoms with Gasteiger partial charge >= 0.3 is 0 Å². The molecule has 9 heteroatoms. The van der Waals surface area contributed by atoms with Crippen LogP contribution in [0.4, 0.5) is 5.69 Å². The zero-order valence-corrected chi connectivity index (χ0v) is 13.2. The number of rotatable bonds is 4. The first kappa shape index (κ1) is 14.8. The Kier molecular flexibility index (Phi) is 4.31. The topological polar surface area (TPSA) is 105 Å². The molecule has 0 aliphatic heterocycles. The zero-order valence-electron chi connectivity index (χ0n) is 9.95. The Morgan fingerprint density at radius 1 is 1.40 bits per heavy atom. The number of nitrogens with zero attached hydrogens (tertiary/aromatic N) is 1.